The maximum absolute atomic E-state index is 10.4. The Morgan fingerprint density at radius 1 is 1.03 bits per heavy atom. The Labute approximate surface area is 191 Å². The normalized spacial score (nSPS) is 24.5. The van der Waals surface area contributed by atoms with Gasteiger partial charge in [-0.05, 0) is 69.9 Å². The molecule has 0 heterocycles. The molecule has 0 saturated heterocycles. The van der Waals surface area contributed by atoms with E-state index < -0.39 is 18.3 Å². The quantitative estimate of drug-likeness (QED) is 0.166. The maximum atomic E-state index is 10.4. The van der Waals surface area contributed by atoms with E-state index in [0.717, 1.165) is 43.4 Å². The molecule has 1 aromatic carbocycles. The van der Waals surface area contributed by atoms with Gasteiger partial charge in [0.25, 0.3) is 0 Å². The molecule has 4 N–H and O–H groups in total. The zero-order chi connectivity index (χ0) is 22.6. The van der Waals surface area contributed by atoms with Crippen molar-refractivity contribution in [2.45, 2.75) is 101 Å². The van der Waals surface area contributed by atoms with Crippen LogP contribution in [0.4, 0.5) is 0 Å². The number of esters is 1. The summed E-state index contributed by atoms with van der Waals surface area (Å²) in [6.45, 7) is 3.80. The van der Waals surface area contributed by atoms with Gasteiger partial charge in [-0.15, -0.1) is 11.8 Å². The molecule has 2 unspecified atom stereocenters. The molecular weight excluding hydrogens is 412 g/mol. The van der Waals surface area contributed by atoms with Gasteiger partial charge in [0.05, 0.1) is 18.3 Å². The van der Waals surface area contributed by atoms with Crippen LogP contribution in [0.15, 0.2) is 35.2 Å². The van der Waals surface area contributed by atoms with E-state index in [1.54, 1.807) is 11.8 Å². The van der Waals surface area contributed by atoms with E-state index in [-0.39, 0.29) is 23.9 Å². The molecule has 1 fully saturated rings. The molecule has 31 heavy (non-hydrogen) atoms. The Morgan fingerprint density at radius 2 is 1.68 bits per heavy atom. The van der Waals surface area contributed by atoms with Gasteiger partial charge in [0.1, 0.15) is 6.42 Å². The second kappa shape index (κ2) is 14.1. The predicted molar refractivity (Wildman–Crippen MR) is 127 cm³/mol. The van der Waals surface area contributed by atoms with Crippen molar-refractivity contribution in [3.8, 4) is 0 Å². The Bertz CT molecular complexity index is 624. The summed E-state index contributed by atoms with van der Waals surface area (Å²) in [6, 6.07) is 10.1. The number of aliphatic hydroxyl groups is 3. The molecule has 0 bridgehead atoms. The van der Waals surface area contributed by atoms with Gasteiger partial charge >= 0.3 is 5.97 Å². The molecule has 0 radical (unpaired) electrons. The number of benzene rings is 1. The lowest BCUT2D eigenvalue weighted by Crippen LogP contribution is -2.24. The van der Waals surface area contributed by atoms with Crippen LogP contribution in [0.5, 0.6) is 0 Å². The molecule has 0 spiro atoms. The van der Waals surface area contributed by atoms with Gasteiger partial charge in [0, 0.05) is 10.6 Å². The van der Waals surface area contributed by atoms with Crippen LogP contribution in [-0.2, 0) is 4.74 Å². The third-order valence-electron chi connectivity index (χ3n) is 6.09. The summed E-state index contributed by atoms with van der Waals surface area (Å²) in [5.41, 5.74) is 0. The maximum Gasteiger partial charge on any atom is 0.482 e. The molecule has 0 aromatic heterocycles. The Kier molecular flexibility index (Phi) is 11.9. The van der Waals surface area contributed by atoms with E-state index in [1.165, 1.54) is 0 Å². The minimum atomic E-state index is -0.478. The first-order valence-corrected chi connectivity index (χ1v) is 12.8. The second-order valence-electron chi connectivity index (χ2n) is 9.07. The third-order valence-corrected chi connectivity index (χ3v) is 7.25. The fourth-order valence-electron chi connectivity index (χ4n) is 4.50. The van der Waals surface area contributed by atoms with Gasteiger partial charge in [-0.2, -0.15) is 0 Å². The van der Waals surface area contributed by atoms with E-state index in [2.05, 4.69) is 0 Å². The molecule has 0 amide bonds. The van der Waals surface area contributed by atoms with E-state index in [1.807, 2.05) is 44.2 Å². The van der Waals surface area contributed by atoms with Gasteiger partial charge < -0.3 is 24.9 Å². The number of rotatable bonds is 14. The van der Waals surface area contributed by atoms with Gasteiger partial charge in [0.15, 0.2) is 6.10 Å². The number of aliphatic hydroxyl groups excluding tert-OH is 3. The van der Waals surface area contributed by atoms with Crippen molar-refractivity contribution in [3.63, 3.8) is 0 Å². The molecule has 5 atom stereocenters. The molecule has 5 nitrogen and oxygen atoms in total. The lowest BCUT2D eigenvalue weighted by atomic mass is 9.85. The van der Waals surface area contributed by atoms with Crippen molar-refractivity contribution in [3.05, 3.63) is 30.3 Å². The average Bonchev–Trinajstić information content (AvgIpc) is 3.00. The van der Waals surface area contributed by atoms with Gasteiger partial charge in [0.2, 0.25) is 0 Å². The topological polar surface area (TPSA) is 91.3 Å². The van der Waals surface area contributed by atoms with Crippen molar-refractivity contribution < 1.29 is 24.9 Å². The molecule has 6 heteroatoms. The fraction of sp³-hybridized carbons (Fsp3) is 0.720. The SMILES string of the molecule is CC(C)OC(=[OH+])CCCCCC[C@@H]1C(CCC(O)CSc2ccccc2)[C@H](O)C[C@@H]1O. The van der Waals surface area contributed by atoms with Crippen LogP contribution in [0.25, 0.3) is 0 Å². The highest BCUT2D eigenvalue weighted by Gasteiger charge is 2.40. The van der Waals surface area contributed by atoms with Crippen LogP contribution < -0.4 is 0 Å². The van der Waals surface area contributed by atoms with E-state index in [9.17, 15) is 20.1 Å². The van der Waals surface area contributed by atoms with Crippen LogP contribution in [-0.4, -0.2) is 56.3 Å². The van der Waals surface area contributed by atoms with Gasteiger partial charge in [-0.25, -0.2) is 0 Å². The number of hydrogen-bond donors (Lipinski definition) is 3. The highest BCUT2D eigenvalue weighted by atomic mass is 32.2. The van der Waals surface area contributed by atoms with E-state index in [0.29, 0.717) is 25.0 Å². The minimum absolute atomic E-state index is 0.00247. The fourth-order valence-corrected chi connectivity index (χ4v) is 5.40. The number of hydrogen-bond acceptors (Lipinski definition) is 5. The molecule has 1 aliphatic rings. The van der Waals surface area contributed by atoms with E-state index >= 15 is 0 Å². The largest absolute Gasteiger partial charge is 0.482 e. The zero-order valence-corrected chi connectivity index (χ0v) is 19.8. The third kappa shape index (κ3) is 9.94. The Morgan fingerprint density at radius 3 is 2.35 bits per heavy atom. The smallest absolute Gasteiger partial charge is 0.393 e. The van der Waals surface area contributed by atoms with Crippen LogP contribution in [0.2, 0.25) is 0 Å². The Hall–Kier alpha value is -1.08. The van der Waals surface area contributed by atoms with Crippen molar-refractivity contribution in [2.24, 2.45) is 11.8 Å². The van der Waals surface area contributed by atoms with Gasteiger partial charge in [-0.1, -0.05) is 37.5 Å². The summed E-state index contributed by atoms with van der Waals surface area (Å²) in [5.74, 6) is 0.926. The standard InChI is InChI=1S/C25H40O5S/c1-18(2)30-25(29)13-9-4-3-8-12-21-22(24(28)16-23(21)27)15-14-19(26)17-31-20-10-6-5-7-11-20/h5-7,10-11,18-19,21-24,26-28H,3-4,8-9,12-17H2,1-2H3/p+1/t19?,21-,22?,23+,24-/m1/s1. The summed E-state index contributed by atoms with van der Waals surface area (Å²) in [5, 5.41) is 31.2. The van der Waals surface area contributed by atoms with Crippen molar-refractivity contribution in [2.75, 3.05) is 5.75 Å². The van der Waals surface area contributed by atoms with Crippen LogP contribution in [0, 0.1) is 11.8 Å². The van der Waals surface area contributed by atoms with Crippen LogP contribution in [0.3, 0.4) is 0 Å². The highest BCUT2D eigenvalue weighted by Crippen LogP contribution is 2.39. The first kappa shape index (κ1) is 26.2. The molecule has 2 rings (SSSR count). The highest BCUT2D eigenvalue weighted by molar-refractivity contribution is 7.99. The molecule has 0 aliphatic heterocycles. The lowest BCUT2D eigenvalue weighted by Gasteiger charge is -2.24. The Balaban J connectivity index is 1.65. The number of ether oxygens (including phenoxy) is 1. The average molecular weight is 454 g/mol. The number of thioether (sulfide) groups is 1. The molecule has 1 saturated carbocycles. The predicted octanol–water partition coefficient (Wildman–Crippen LogP) is 4.55. The van der Waals surface area contributed by atoms with Crippen LogP contribution in [0.1, 0.15) is 71.6 Å². The van der Waals surface area contributed by atoms with Crippen LogP contribution >= 0.6 is 11.8 Å². The number of unbranched alkanes of at least 4 members (excludes halogenated alkanes) is 3. The summed E-state index contributed by atoms with van der Waals surface area (Å²) in [7, 11) is 0. The monoisotopic (exact) mass is 453 g/mol. The molecular formula is C25H41O5S+. The first-order chi connectivity index (χ1) is 14.9. The van der Waals surface area contributed by atoms with E-state index in [4.69, 9.17) is 4.74 Å². The lowest BCUT2D eigenvalue weighted by molar-refractivity contribution is 0.0870. The van der Waals surface area contributed by atoms with Crippen molar-refractivity contribution in [1.82, 2.24) is 0 Å². The molecule has 176 valence electrons. The first-order valence-electron chi connectivity index (χ1n) is 11.8. The summed E-state index contributed by atoms with van der Waals surface area (Å²) >= 11 is 1.65. The zero-order valence-electron chi connectivity index (χ0n) is 19.0. The van der Waals surface area contributed by atoms with Crippen molar-refractivity contribution >= 4 is 17.7 Å². The number of carbonyl (C=O) groups excluding carboxylic acids is 1. The summed E-state index contributed by atoms with van der Waals surface area (Å²) in [6.07, 6.45) is 5.92. The van der Waals surface area contributed by atoms with Gasteiger partial charge in [-0.3, -0.25) is 0 Å². The molecule has 1 aliphatic carbocycles. The minimum Gasteiger partial charge on any atom is -0.393 e. The van der Waals surface area contributed by atoms with Crippen molar-refractivity contribution in [1.29, 1.82) is 0 Å². The summed E-state index contributed by atoms with van der Waals surface area (Å²) in [4.78, 5) is 10.8. The second-order valence-corrected chi connectivity index (χ2v) is 10.2. The summed E-state index contributed by atoms with van der Waals surface area (Å²) < 4.78 is 5.26. The molecule has 1 aromatic rings.